The minimum absolute atomic E-state index is 0.0784. The van der Waals surface area contributed by atoms with Gasteiger partial charge in [-0.2, -0.15) is 4.89 Å². The molecule has 0 N–H and O–H groups in total. The molecule has 1 saturated heterocycles. The molecule has 16 heavy (non-hydrogen) atoms. The Morgan fingerprint density at radius 1 is 0.812 bits per heavy atom. The third-order valence-electron chi connectivity index (χ3n) is 5.22. The highest BCUT2D eigenvalue weighted by atomic mass is 17.7. The molecule has 0 amide bonds. The van der Waals surface area contributed by atoms with E-state index in [4.69, 9.17) is 9.78 Å². The van der Waals surface area contributed by atoms with Crippen molar-refractivity contribution in [2.75, 3.05) is 6.61 Å². The van der Waals surface area contributed by atoms with E-state index in [1.807, 2.05) is 0 Å². The Kier molecular flexibility index (Phi) is 2.10. The van der Waals surface area contributed by atoms with E-state index in [1.54, 1.807) is 0 Å². The highest BCUT2D eigenvalue weighted by molar-refractivity contribution is 5.04. The van der Waals surface area contributed by atoms with E-state index in [2.05, 4.69) is 10.1 Å². The molecular weight excluding hydrogens is 208 g/mol. The van der Waals surface area contributed by atoms with Crippen LogP contribution in [0, 0.1) is 23.2 Å². The molecule has 1 heterocycles. The van der Waals surface area contributed by atoms with Crippen LogP contribution in [-0.4, -0.2) is 12.7 Å². The highest BCUT2D eigenvalue weighted by Crippen LogP contribution is 2.61. The van der Waals surface area contributed by atoms with Gasteiger partial charge in [-0.15, -0.1) is 0 Å². The molecule has 4 bridgehead atoms. The van der Waals surface area contributed by atoms with Gasteiger partial charge >= 0.3 is 0 Å². The van der Waals surface area contributed by atoms with Crippen LogP contribution in [0.15, 0.2) is 0 Å². The van der Waals surface area contributed by atoms with E-state index >= 15 is 0 Å². The third-order valence-corrected chi connectivity index (χ3v) is 5.22. The van der Waals surface area contributed by atoms with Crippen molar-refractivity contribution in [1.29, 1.82) is 0 Å². The molecule has 0 spiro atoms. The summed E-state index contributed by atoms with van der Waals surface area (Å²) in [6, 6.07) is 0. The van der Waals surface area contributed by atoms with Gasteiger partial charge in [0.05, 0.1) is 0 Å². The zero-order valence-corrected chi connectivity index (χ0v) is 9.39. The smallest absolute Gasteiger partial charge is 0.128 e. The Bertz CT molecular complexity index is 249. The standard InChI is InChI=1S/C12H18O4/c1-8-2-10-3-9(1)5-12(4-8,6-10)11-7-13-15-16-14-11/h8-11H,1-7H2. The van der Waals surface area contributed by atoms with Crippen molar-refractivity contribution in [1.82, 2.24) is 0 Å². The first-order chi connectivity index (χ1) is 7.84. The van der Waals surface area contributed by atoms with Gasteiger partial charge in [0.15, 0.2) is 0 Å². The van der Waals surface area contributed by atoms with Crippen molar-refractivity contribution in [2.24, 2.45) is 23.2 Å². The number of hydrogen-bond acceptors (Lipinski definition) is 4. The maximum absolute atomic E-state index is 5.32. The Balaban J connectivity index is 1.60. The Labute approximate surface area is 95.0 Å². The molecule has 5 rings (SSSR count). The van der Waals surface area contributed by atoms with Gasteiger partial charge in [-0.3, -0.25) is 0 Å². The fourth-order valence-electron chi connectivity index (χ4n) is 5.05. The largest absolute Gasteiger partial charge is 0.201 e. The molecule has 1 aliphatic heterocycles. The van der Waals surface area contributed by atoms with Crippen LogP contribution in [0.1, 0.15) is 38.5 Å². The number of hydrogen-bond donors (Lipinski definition) is 0. The van der Waals surface area contributed by atoms with Gasteiger partial charge in [-0.1, -0.05) is 0 Å². The molecule has 90 valence electrons. The van der Waals surface area contributed by atoms with Crippen molar-refractivity contribution >= 4 is 0 Å². The summed E-state index contributed by atoms with van der Waals surface area (Å²) in [5, 5.41) is 8.89. The second-order valence-corrected chi connectivity index (χ2v) is 6.29. The minimum Gasteiger partial charge on any atom is -0.201 e. The summed E-state index contributed by atoms with van der Waals surface area (Å²) in [7, 11) is 0. The summed E-state index contributed by atoms with van der Waals surface area (Å²) in [6.45, 7) is 0.520. The molecular formula is C12H18O4. The quantitative estimate of drug-likeness (QED) is 0.643. The molecule has 0 aromatic carbocycles. The fraction of sp³-hybridized carbons (Fsp3) is 1.00. The van der Waals surface area contributed by atoms with Gasteiger partial charge in [-0.05, 0) is 66.4 Å². The molecule has 4 heteroatoms. The predicted molar refractivity (Wildman–Crippen MR) is 53.6 cm³/mol. The first-order valence-corrected chi connectivity index (χ1v) is 6.46. The molecule has 1 atom stereocenters. The van der Waals surface area contributed by atoms with Gasteiger partial charge in [0.2, 0.25) is 0 Å². The summed E-state index contributed by atoms with van der Waals surface area (Å²) in [4.78, 5) is 10.2. The van der Waals surface area contributed by atoms with Crippen LogP contribution in [0.4, 0.5) is 0 Å². The fourth-order valence-corrected chi connectivity index (χ4v) is 5.05. The molecule has 0 radical (unpaired) electrons. The molecule has 5 aliphatic rings. The van der Waals surface area contributed by atoms with Crippen LogP contribution in [0.5, 0.6) is 0 Å². The van der Waals surface area contributed by atoms with Crippen molar-refractivity contribution in [3.8, 4) is 0 Å². The normalized spacial score (nSPS) is 55.5. The first-order valence-electron chi connectivity index (χ1n) is 6.46. The van der Waals surface area contributed by atoms with E-state index in [0.717, 1.165) is 17.8 Å². The first kappa shape index (κ1) is 9.83. The van der Waals surface area contributed by atoms with Crippen LogP contribution in [0.3, 0.4) is 0 Å². The van der Waals surface area contributed by atoms with E-state index in [0.29, 0.717) is 12.0 Å². The van der Waals surface area contributed by atoms with Gasteiger partial charge in [0, 0.05) is 5.41 Å². The van der Waals surface area contributed by atoms with Gasteiger partial charge in [0.25, 0.3) is 0 Å². The lowest BCUT2D eigenvalue weighted by Gasteiger charge is -2.58. The number of rotatable bonds is 1. The van der Waals surface area contributed by atoms with Crippen molar-refractivity contribution in [3.05, 3.63) is 0 Å². The second kappa shape index (κ2) is 3.42. The van der Waals surface area contributed by atoms with Gasteiger partial charge in [0.1, 0.15) is 12.7 Å². The van der Waals surface area contributed by atoms with E-state index in [1.165, 1.54) is 38.5 Å². The molecule has 4 saturated carbocycles. The Hall–Kier alpha value is -0.160. The molecule has 4 aliphatic carbocycles. The molecule has 5 fully saturated rings. The Morgan fingerprint density at radius 3 is 1.94 bits per heavy atom. The lowest BCUT2D eigenvalue weighted by Crippen LogP contribution is -2.54. The van der Waals surface area contributed by atoms with Crippen LogP contribution in [0.25, 0.3) is 0 Å². The minimum atomic E-state index is 0.0784. The van der Waals surface area contributed by atoms with Gasteiger partial charge in [-0.25, -0.2) is 4.89 Å². The lowest BCUT2D eigenvalue weighted by atomic mass is 9.48. The summed E-state index contributed by atoms with van der Waals surface area (Å²) in [5.41, 5.74) is 0.318. The summed E-state index contributed by atoms with van der Waals surface area (Å²) in [5.74, 6) is 2.79. The van der Waals surface area contributed by atoms with Crippen LogP contribution >= 0.6 is 0 Å². The summed E-state index contributed by atoms with van der Waals surface area (Å²) >= 11 is 0. The summed E-state index contributed by atoms with van der Waals surface area (Å²) < 4.78 is 0. The Morgan fingerprint density at radius 2 is 1.44 bits per heavy atom. The topological polar surface area (TPSA) is 36.9 Å². The zero-order valence-electron chi connectivity index (χ0n) is 9.39. The van der Waals surface area contributed by atoms with E-state index < -0.39 is 0 Å². The van der Waals surface area contributed by atoms with Crippen LogP contribution in [-0.2, 0) is 19.9 Å². The van der Waals surface area contributed by atoms with E-state index in [-0.39, 0.29) is 6.10 Å². The second-order valence-electron chi connectivity index (χ2n) is 6.29. The average Bonchev–Trinajstić information content (AvgIpc) is 2.28. The van der Waals surface area contributed by atoms with Crippen LogP contribution in [0.2, 0.25) is 0 Å². The summed E-state index contributed by atoms with van der Waals surface area (Å²) in [6.07, 6.45) is 8.33. The molecule has 0 aromatic rings. The zero-order chi connectivity index (χ0) is 10.6. The van der Waals surface area contributed by atoms with Crippen LogP contribution < -0.4 is 0 Å². The van der Waals surface area contributed by atoms with Crippen molar-refractivity contribution in [3.63, 3.8) is 0 Å². The molecule has 4 nitrogen and oxygen atoms in total. The van der Waals surface area contributed by atoms with Crippen molar-refractivity contribution in [2.45, 2.75) is 44.6 Å². The molecule has 0 aromatic heterocycles. The lowest BCUT2D eigenvalue weighted by molar-refractivity contribution is -0.682. The maximum atomic E-state index is 5.32. The average molecular weight is 226 g/mol. The third kappa shape index (κ3) is 1.37. The molecule has 1 unspecified atom stereocenters. The predicted octanol–water partition coefficient (Wildman–Crippen LogP) is 2.40. The van der Waals surface area contributed by atoms with Crippen molar-refractivity contribution < 1.29 is 19.9 Å². The van der Waals surface area contributed by atoms with E-state index in [9.17, 15) is 0 Å². The highest BCUT2D eigenvalue weighted by Gasteiger charge is 2.55. The SMILES string of the molecule is C1C2CC3CC1CC(C1COOOO1)(C2)C3. The van der Waals surface area contributed by atoms with Gasteiger partial charge < -0.3 is 0 Å². The monoisotopic (exact) mass is 226 g/mol. The maximum Gasteiger partial charge on any atom is 0.128 e.